The lowest BCUT2D eigenvalue weighted by Crippen LogP contribution is -2.19. The topological polar surface area (TPSA) is 28.2 Å². The highest BCUT2D eigenvalue weighted by atomic mass is 32.1. The molecule has 0 saturated heterocycles. The maximum Gasteiger partial charge on any atom is 0.185 e. The number of nitrogens with one attached hydrogen (secondary N) is 1. The predicted molar refractivity (Wildman–Crippen MR) is 85.4 cm³/mol. The molecule has 0 aliphatic heterocycles. The fourth-order valence-corrected chi connectivity index (χ4v) is 3.99. The molecular formula is C16H20FN3S. The molecule has 0 saturated carbocycles. The Hall–Kier alpha value is -1.46. The van der Waals surface area contributed by atoms with E-state index in [2.05, 4.69) is 10.2 Å². The van der Waals surface area contributed by atoms with Crippen molar-refractivity contribution in [3.63, 3.8) is 0 Å². The van der Waals surface area contributed by atoms with E-state index < -0.39 is 0 Å². The van der Waals surface area contributed by atoms with Gasteiger partial charge in [-0.05, 0) is 44.0 Å². The molecule has 2 aromatic rings. The van der Waals surface area contributed by atoms with Gasteiger partial charge < -0.3 is 10.2 Å². The molecule has 1 aliphatic rings. The van der Waals surface area contributed by atoms with Crippen molar-refractivity contribution < 1.29 is 4.39 Å². The van der Waals surface area contributed by atoms with Crippen molar-refractivity contribution in [3.8, 4) is 0 Å². The van der Waals surface area contributed by atoms with Gasteiger partial charge in [-0.3, -0.25) is 0 Å². The molecule has 1 aromatic heterocycles. The van der Waals surface area contributed by atoms with E-state index in [1.165, 1.54) is 35.5 Å². The minimum atomic E-state index is -0.192. The molecule has 5 heteroatoms. The molecule has 3 rings (SSSR count). The van der Waals surface area contributed by atoms with Crippen molar-refractivity contribution in [2.75, 3.05) is 19.0 Å². The SMILES string of the molecule is CNC1CCCc2nc(N(C)Cc3ccc(F)cc3)sc21. The molecule has 1 aromatic carbocycles. The number of hydrogen-bond acceptors (Lipinski definition) is 4. The van der Waals surface area contributed by atoms with Crippen LogP contribution in [-0.4, -0.2) is 19.1 Å². The Morgan fingerprint density at radius 3 is 2.86 bits per heavy atom. The predicted octanol–water partition coefficient (Wildman–Crippen LogP) is 3.52. The summed E-state index contributed by atoms with van der Waals surface area (Å²) in [4.78, 5) is 8.31. The lowest BCUT2D eigenvalue weighted by atomic mass is 9.98. The number of fused-ring (bicyclic) bond motifs is 1. The van der Waals surface area contributed by atoms with Crippen molar-refractivity contribution in [1.29, 1.82) is 0 Å². The van der Waals surface area contributed by atoms with Gasteiger partial charge in [0.2, 0.25) is 0 Å². The van der Waals surface area contributed by atoms with Gasteiger partial charge in [0.25, 0.3) is 0 Å². The molecule has 1 aliphatic carbocycles. The van der Waals surface area contributed by atoms with E-state index in [0.717, 1.165) is 23.7 Å². The number of aromatic nitrogens is 1. The fourth-order valence-electron chi connectivity index (χ4n) is 2.78. The molecule has 0 bridgehead atoms. The van der Waals surface area contributed by atoms with Crippen molar-refractivity contribution in [1.82, 2.24) is 10.3 Å². The van der Waals surface area contributed by atoms with Crippen LogP contribution in [0.15, 0.2) is 24.3 Å². The second-order valence-electron chi connectivity index (χ2n) is 5.52. The number of aryl methyl sites for hydroxylation is 1. The van der Waals surface area contributed by atoms with E-state index in [-0.39, 0.29) is 5.82 Å². The molecular weight excluding hydrogens is 285 g/mol. The van der Waals surface area contributed by atoms with E-state index in [1.54, 1.807) is 11.3 Å². The van der Waals surface area contributed by atoms with Crippen LogP contribution in [0.2, 0.25) is 0 Å². The van der Waals surface area contributed by atoms with Gasteiger partial charge in [-0.25, -0.2) is 9.37 Å². The number of thiazole rings is 1. The molecule has 1 N–H and O–H groups in total. The van der Waals surface area contributed by atoms with E-state index in [0.29, 0.717) is 6.04 Å². The first-order valence-electron chi connectivity index (χ1n) is 7.30. The summed E-state index contributed by atoms with van der Waals surface area (Å²) in [5, 5.41) is 4.43. The van der Waals surface area contributed by atoms with Crippen LogP contribution < -0.4 is 10.2 Å². The zero-order chi connectivity index (χ0) is 14.8. The number of hydrogen-bond donors (Lipinski definition) is 1. The molecule has 0 fully saturated rings. The van der Waals surface area contributed by atoms with Gasteiger partial charge in [-0.1, -0.05) is 23.5 Å². The Balaban J connectivity index is 1.77. The minimum Gasteiger partial charge on any atom is -0.347 e. The van der Waals surface area contributed by atoms with Crippen molar-refractivity contribution in [2.45, 2.75) is 31.8 Å². The summed E-state index contributed by atoms with van der Waals surface area (Å²) >= 11 is 1.78. The highest BCUT2D eigenvalue weighted by molar-refractivity contribution is 7.15. The molecule has 0 radical (unpaired) electrons. The Morgan fingerprint density at radius 1 is 1.38 bits per heavy atom. The van der Waals surface area contributed by atoms with Crippen LogP contribution in [-0.2, 0) is 13.0 Å². The second-order valence-corrected chi connectivity index (χ2v) is 6.53. The van der Waals surface area contributed by atoms with Crippen molar-refractivity contribution in [2.24, 2.45) is 0 Å². The normalized spacial score (nSPS) is 17.6. The van der Waals surface area contributed by atoms with Crippen LogP contribution in [0.1, 0.15) is 35.0 Å². The number of anilines is 1. The zero-order valence-electron chi connectivity index (χ0n) is 12.4. The number of nitrogens with zero attached hydrogens (tertiary/aromatic N) is 2. The largest absolute Gasteiger partial charge is 0.347 e. The third-order valence-corrected chi connectivity index (χ3v) is 5.27. The molecule has 3 nitrogen and oxygen atoms in total. The summed E-state index contributed by atoms with van der Waals surface area (Å²) in [6, 6.07) is 7.12. The van der Waals surface area contributed by atoms with Crippen LogP contribution in [0.5, 0.6) is 0 Å². The molecule has 0 amide bonds. The molecule has 1 atom stereocenters. The summed E-state index contributed by atoms with van der Waals surface area (Å²) in [6.45, 7) is 0.747. The lowest BCUT2D eigenvalue weighted by molar-refractivity contribution is 0.501. The monoisotopic (exact) mass is 305 g/mol. The van der Waals surface area contributed by atoms with Gasteiger partial charge in [0.1, 0.15) is 5.82 Å². The van der Waals surface area contributed by atoms with Crippen molar-refractivity contribution in [3.05, 3.63) is 46.2 Å². The zero-order valence-corrected chi connectivity index (χ0v) is 13.2. The molecule has 0 spiro atoms. The molecule has 21 heavy (non-hydrogen) atoms. The lowest BCUT2D eigenvalue weighted by Gasteiger charge is -2.19. The first-order valence-corrected chi connectivity index (χ1v) is 8.11. The fraction of sp³-hybridized carbons (Fsp3) is 0.438. The van der Waals surface area contributed by atoms with Crippen LogP contribution in [0.4, 0.5) is 9.52 Å². The van der Waals surface area contributed by atoms with Gasteiger partial charge in [-0.15, -0.1) is 0 Å². The molecule has 112 valence electrons. The third-order valence-electron chi connectivity index (χ3n) is 3.95. The van der Waals surface area contributed by atoms with Gasteiger partial charge in [0.05, 0.1) is 5.69 Å². The summed E-state index contributed by atoms with van der Waals surface area (Å²) in [7, 11) is 4.06. The summed E-state index contributed by atoms with van der Waals surface area (Å²) in [5.74, 6) is -0.192. The average Bonchev–Trinajstić information content (AvgIpc) is 2.93. The number of halogens is 1. The smallest absolute Gasteiger partial charge is 0.185 e. The van der Waals surface area contributed by atoms with E-state index in [9.17, 15) is 4.39 Å². The maximum atomic E-state index is 13.0. The standard InChI is InChI=1S/C16H20FN3S/c1-18-13-4-3-5-14-15(13)21-16(19-14)20(2)10-11-6-8-12(17)9-7-11/h6-9,13,18H,3-5,10H2,1-2H3. The van der Waals surface area contributed by atoms with Gasteiger partial charge >= 0.3 is 0 Å². The Bertz CT molecular complexity index is 608. The Morgan fingerprint density at radius 2 is 2.14 bits per heavy atom. The highest BCUT2D eigenvalue weighted by Crippen LogP contribution is 2.37. The summed E-state index contributed by atoms with van der Waals surface area (Å²) < 4.78 is 13.0. The summed E-state index contributed by atoms with van der Waals surface area (Å²) in [6.07, 6.45) is 3.46. The Kier molecular flexibility index (Phi) is 4.22. The third kappa shape index (κ3) is 3.09. The van der Waals surface area contributed by atoms with Crippen LogP contribution in [0, 0.1) is 5.82 Å². The van der Waals surface area contributed by atoms with Crippen LogP contribution in [0.3, 0.4) is 0 Å². The number of benzene rings is 1. The Labute approximate surface area is 128 Å². The van der Waals surface area contributed by atoms with E-state index in [4.69, 9.17) is 4.98 Å². The first kappa shape index (κ1) is 14.5. The van der Waals surface area contributed by atoms with E-state index in [1.807, 2.05) is 26.2 Å². The van der Waals surface area contributed by atoms with Crippen molar-refractivity contribution >= 4 is 16.5 Å². The van der Waals surface area contributed by atoms with E-state index >= 15 is 0 Å². The summed E-state index contributed by atoms with van der Waals surface area (Å²) in [5.41, 5.74) is 2.34. The second kappa shape index (κ2) is 6.12. The van der Waals surface area contributed by atoms with Gasteiger partial charge in [0.15, 0.2) is 5.13 Å². The minimum absolute atomic E-state index is 0.192. The molecule has 1 heterocycles. The maximum absolute atomic E-state index is 13.0. The van der Waals surface area contributed by atoms with Gasteiger partial charge in [0, 0.05) is 24.5 Å². The number of rotatable bonds is 4. The molecule has 1 unspecified atom stereocenters. The van der Waals surface area contributed by atoms with Crippen LogP contribution >= 0.6 is 11.3 Å². The van der Waals surface area contributed by atoms with Gasteiger partial charge in [-0.2, -0.15) is 0 Å². The van der Waals surface area contributed by atoms with Crippen LogP contribution in [0.25, 0.3) is 0 Å². The quantitative estimate of drug-likeness (QED) is 0.937. The highest BCUT2D eigenvalue weighted by Gasteiger charge is 2.24. The first-order chi connectivity index (χ1) is 10.2. The average molecular weight is 305 g/mol.